The van der Waals surface area contributed by atoms with Crippen molar-refractivity contribution >= 4 is 11.8 Å². The van der Waals surface area contributed by atoms with Crippen LogP contribution in [0.1, 0.15) is 27.8 Å². The molecule has 3 aromatic rings. The van der Waals surface area contributed by atoms with Gasteiger partial charge in [-0.25, -0.2) is 0 Å². The maximum absolute atomic E-state index is 4.40. The highest BCUT2D eigenvalue weighted by molar-refractivity contribution is 7.98. The van der Waals surface area contributed by atoms with Gasteiger partial charge in [-0.05, 0) is 68.1 Å². The Morgan fingerprint density at radius 2 is 1.54 bits per heavy atom. The summed E-state index contributed by atoms with van der Waals surface area (Å²) in [5, 5.41) is 9.75. The highest BCUT2D eigenvalue weighted by Gasteiger charge is 2.05. The van der Waals surface area contributed by atoms with Gasteiger partial charge < -0.3 is 0 Å². The summed E-state index contributed by atoms with van der Waals surface area (Å²) in [4.78, 5) is 0. The molecule has 0 atom stereocenters. The smallest absolute Gasteiger partial charge is 0.119 e. The molecule has 0 N–H and O–H groups in total. The Kier molecular flexibility index (Phi) is 5.00. The van der Waals surface area contributed by atoms with E-state index < -0.39 is 0 Å². The monoisotopic (exact) mass is 334 g/mol. The van der Waals surface area contributed by atoms with Crippen molar-refractivity contribution in [2.45, 2.75) is 38.5 Å². The zero-order valence-electron chi connectivity index (χ0n) is 14.6. The first-order chi connectivity index (χ1) is 11.5. The van der Waals surface area contributed by atoms with Gasteiger partial charge in [0.05, 0.1) is 5.69 Å². The van der Waals surface area contributed by atoms with E-state index in [1.165, 1.54) is 27.8 Å². The minimum atomic E-state index is 0.922. The van der Waals surface area contributed by atoms with Gasteiger partial charge in [0.1, 0.15) is 5.03 Å². The fourth-order valence-corrected chi connectivity index (χ4v) is 3.44. The molecule has 0 radical (unpaired) electrons. The summed E-state index contributed by atoms with van der Waals surface area (Å²) in [6.45, 7) is 8.54. The Morgan fingerprint density at radius 3 is 2.25 bits per heavy atom. The van der Waals surface area contributed by atoms with E-state index in [0.29, 0.717) is 0 Å². The Balaban J connectivity index is 1.72. The quantitative estimate of drug-likeness (QED) is 0.575. The van der Waals surface area contributed by atoms with Gasteiger partial charge >= 0.3 is 0 Å². The molecule has 0 unspecified atom stereocenters. The summed E-state index contributed by atoms with van der Waals surface area (Å²) in [5.74, 6) is 0.922. The van der Waals surface area contributed by atoms with E-state index in [9.17, 15) is 0 Å². The van der Waals surface area contributed by atoms with Crippen LogP contribution >= 0.6 is 11.8 Å². The fraction of sp³-hybridized carbons (Fsp3) is 0.238. The van der Waals surface area contributed by atoms with Crippen molar-refractivity contribution < 1.29 is 0 Å². The minimum absolute atomic E-state index is 0.922. The van der Waals surface area contributed by atoms with Crippen LogP contribution in [-0.4, -0.2) is 10.2 Å². The van der Waals surface area contributed by atoms with Crippen molar-refractivity contribution in [2.75, 3.05) is 0 Å². The average Bonchev–Trinajstić information content (AvgIpc) is 2.59. The molecule has 1 aromatic heterocycles. The Bertz CT molecular complexity index is 854. The Labute approximate surface area is 148 Å². The molecule has 2 nitrogen and oxygen atoms in total. The SMILES string of the molecule is Cc1ccc(C)c(CSc2ccc(-c3ccc(C)c(C)c3)nn2)c1. The van der Waals surface area contributed by atoms with Crippen LogP contribution in [0.5, 0.6) is 0 Å². The maximum atomic E-state index is 4.40. The molecular weight excluding hydrogens is 312 g/mol. The first-order valence-corrected chi connectivity index (χ1v) is 9.12. The molecule has 0 aliphatic rings. The van der Waals surface area contributed by atoms with Gasteiger partial charge in [-0.2, -0.15) is 0 Å². The van der Waals surface area contributed by atoms with Crippen molar-refractivity contribution in [1.29, 1.82) is 0 Å². The lowest BCUT2D eigenvalue weighted by Crippen LogP contribution is -1.92. The Morgan fingerprint density at radius 1 is 0.750 bits per heavy atom. The second-order valence-electron chi connectivity index (χ2n) is 6.27. The highest BCUT2D eigenvalue weighted by Crippen LogP contribution is 2.25. The molecule has 0 amide bonds. The van der Waals surface area contributed by atoms with Crippen molar-refractivity contribution in [1.82, 2.24) is 10.2 Å². The van der Waals surface area contributed by atoms with E-state index >= 15 is 0 Å². The van der Waals surface area contributed by atoms with E-state index in [1.54, 1.807) is 11.8 Å². The number of aryl methyl sites for hydroxylation is 4. The lowest BCUT2D eigenvalue weighted by Gasteiger charge is -2.07. The van der Waals surface area contributed by atoms with Crippen LogP contribution < -0.4 is 0 Å². The summed E-state index contributed by atoms with van der Waals surface area (Å²) >= 11 is 1.73. The molecule has 0 saturated heterocycles. The standard InChI is InChI=1S/C21H22N2S/c1-14-5-6-16(3)19(11-14)13-24-21-10-9-20(22-23-21)18-8-7-15(2)17(4)12-18/h5-12H,13H2,1-4H3. The van der Waals surface area contributed by atoms with Crippen molar-refractivity contribution in [3.05, 3.63) is 76.3 Å². The Hall–Kier alpha value is -2.13. The summed E-state index contributed by atoms with van der Waals surface area (Å²) in [6, 6.07) is 17.1. The van der Waals surface area contributed by atoms with Gasteiger partial charge in [0, 0.05) is 11.3 Å². The van der Waals surface area contributed by atoms with Crippen molar-refractivity contribution in [2.24, 2.45) is 0 Å². The van der Waals surface area contributed by atoms with Crippen LogP contribution in [0.4, 0.5) is 0 Å². The molecule has 0 spiro atoms. The second kappa shape index (κ2) is 7.18. The zero-order chi connectivity index (χ0) is 17.1. The molecule has 0 aliphatic carbocycles. The first kappa shape index (κ1) is 16.7. The molecule has 122 valence electrons. The van der Waals surface area contributed by atoms with Gasteiger partial charge in [-0.15, -0.1) is 10.2 Å². The molecule has 3 heteroatoms. The molecule has 0 bridgehead atoms. The van der Waals surface area contributed by atoms with E-state index in [2.05, 4.69) is 86.4 Å². The zero-order valence-corrected chi connectivity index (χ0v) is 15.4. The van der Waals surface area contributed by atoms with Crippen LogP contribution in [-0.2, 0) is 5.75 Å². The minimum Gasteiger partial charge on any atom is -0.149 e. The average molecular weight is 334 g/mol. The third kappa shape index (κ3) is 3.85. The molecular formula is C21H22N2S. The number of benzene rings is 2. The van der Waals surface area contributed by atoms with Crippen LogP contribution in [0.15, 0.2) is 53.6 Å². The number of rotatable bonds is 4. The predicted octanol–water partition coefficient (Wildman–Crippen LogP) is 5.67. The predicted molar refractivity (Wildman–Crippen MR) is 102 cm³/mol. The van der Waals surface area contributed by atoms with Crippen LogP contribution in [0.2, 0.25) is 0 Å². The topological polar surface area (TPSA) is 25.8 Å². The molecule has 3 rings (SSSR count). The van der Waals surface area contributed by atoms with E-state index in [1.807, 2.05) is 0 Å². The number of nitrogens with zero attached hydrogens (tertiary/aromatic N) is 2. The summed E-state index contributed by atoms with van der Waals surface area (Å²) in [6.07, 6.45) is 0. The van der Waals surface area contributed by atoms with Crippen LogP contribution in [0, 0.1) is 27.7 Å². The van der Waals surface area contributed by atoms with Crippen LogP contribution in [0.25, 0.3) is 11.3 Å². The van der Waals surface area contributed by atoms with Gasteiger partial charge in [0.25, 0.3) is 0 Å². The molecule has 0 aliphatic heterocycles. The second-order valence-corrected chi connectivity index (χ2v) is 7.27. The highest BCUT2D eigenvalue weighted by atomic mass is 32.2. The van der Waals surface area contributed by atoms with E-state index in [4.69, 9.17) is 0 Å². The molecule has 1 heterocycles. The van der Waals surface area contributed by atoms with Crippen molar-refractivity contribution in [3.8, 4) is 11.3 Å². The lowest BCUT2D eigenvalue weighted by atomic mass is 10.0. The normalized spacial score (nSPS) is 10.8. The fourth-order valence-electron chi connectivity index (χ4n) is 2.56. The third-order valence-corrected chi connectivity index (χ3v) is 5.29. The number of thioether (sulfide) groups is 1. The van der Waals surface area contributed by atoms with E-state index in [-0.39, 0.29) is 0 Å². The molecule has 0 fully saturated rings. The lowest BCUT2D eigenvalue weighted by molar-refractivity contribution is 0.935. The number of aromatic nitrogens is 2. The van der Waals surface area contributed by atoms with Gasteiger partial charge in [-0.3, -0.25) is 0 Å². The summed E-state index contributed by atoms with van der Waals surface area (Å²) in [5.41, 5.74) is 8.61. The number of hydrogen-bond acceptors (Lipinski definition) is 3. The van der Waals surface area contributed by atoms with Gasteiger partial charge in [0.2, 0.25) is 0 Å². The summed E-state index contributed by atoms with van der Waals surface area (Å²) < 4.78 is 0. The number of hydrogen-bond donors (Lipinski definition) is 0. The largest absolute Gasteiger partial charge is 0.149 e. The van der Waals surface area contributed by atoms with Gasteiger partial charge in [0.15, 0.2) is 0 Å². The van der Waals surface area contributed by atoms with Crippen LogP contribution in [0.3, 0.4) is 0 Å². The molecule has 24 heavy (non-hydrogen) atoms. The van der Waals surface area contributed by atoms with E-state index in [0.717, 1.165) is 22.0 Å². The molecule has 2 aromatic carbocycles. The maximum Gasteiger partial charge on any atom is 0.119 e. The first-order valence-electron chi connectivity index (χ1n) is 8.13. The summed E-state index contributed by atoms with van der Waals surface area (Å²) in [7, 11) is 0. The van der Waals surface area contributed by atoms with Crippen molar-refractivity contribution in [3.63, 3.8) is 0 Å². The molecule has 0 saturated carbocycles. The third-order valence-electron chi connectivity index (χ3n) is 4.32. The van der Waals surface area contributed by atoms with Gasteiger partial charge in [-0.1, -0.05) is 47.7 Å².